The second-order valence-electron chi connectivity index (χ2n) is 6.61. The second kappa shape index (κ2) is 13.4. The number of hydrogen-bond donors (Lipinski definition) is 3. The van der Waals surface area contributed by atoms with Gasteiger partial charge in [0.25, 0.3) is 0 Å². The molecule has 0 aliphatic heterocycles. The molecule has 158 valence electrons. The van der Waals surface area contributed by atoms with Gasteiger partial charge in [0.2, 0.25) is 5.91 Å². The number of rotatable bonds is 12. The van der Waals surface area contributed by atoms with Gasteiger partial charge < -0.3 is 25.1 Å². The van der Waals surface area contributed by atoms with Crippen LogP contribution in [0, 0.1) is 0 Å². The van der Waals surface area contributed by atoms with Gasteiger partial charge in [-0.05, 0) is 49.6 Å². The van der Waals surface area contributed by atoms with Crippen LogP contribution in [0.15, 0.2) is 52.1 Å². The molecular weight excluding hydrogens is 368 g/mol. The summed E-state index contributed by atoms with van der Waals surface area (Å²) < 4.78 is 10.8. The summed E-state index contributed by atoms with van der Waals surface area (Å²) in [5, 5.41) is 9.48. The van der Waals surface area contributed by atoms with E-state index in [4.69, 9.17) is 9.15 Å². The summed E-state index contributed by atoms with van der Waals surface area (Å²) in [7, 11) is 0. The van der Waals surface area contributed by atoms with Gasteiger partial charge in [0, 0.05) is 31.8 Å². The first-order chi connectivity index (χ1) is 14.2. The zero-order valence-corrected chi connectivity index (χ0v) is 17.4. The van der Waals surface area contributed by atoms with Gasteiger partial charge in [-0.15, -0.1) is 0 Å². The first kappa shape index (κ1) is 22.5. The smallest absolute Gasteiger partial charge is 0.224 e. The van der Waals surface area contributed by atoms with E-state index in [0.29, 0.717) is 26.2 Å². The van der Waals surface area contributed by atoms with Gasteiger partial charge in [0.05, 0.1) is 12.8 Å². The van der Waals surface area contributed by atoms with Crippen LogP contribution < -0.4 is 16.0 Å². The van der Waals surface area contributed by atoms with Crippen LogP contribution in [0.2, 0.25) is 0 Å². The minimum atomic E-state index is 0.0393. The number of aliphatic imine (C=N–C) groups is 1. The number of nitrogens with one attached hydrogen (secondary N) is 3. The Bertz CT molecular complexity index is 744. The van der Waals surface area contributed by atoms with Crippen molar-refractivity contribution in [3.63, 3.8) is 0 Å². The number of hydrogen-bond acceptors (Lipinski definition) is 4. The van der Waals surface area contributed by atoms with Gasteiger partial charge in [-0.3, -0.25) is 4.79 Å². The van der Waals surface area contributed by atoms with E-state index in [-0.39, 0.29) is 5.91 Å². The van der Waals surface area contributed by atoms with E-state index in [1.165, 1.54) is 0 Å². The summed E-state index contributed by atoms with van der Waals surface area (Å²) in [5.74, 6) is 1.64. The summed E-state index contributed by atoms with van der Waals surface area (Å²) in [4.78, 5) is 16.4. The maximum Gasteiger partial charge on any atom is 0.224 e. The number of amides is 1. The molecule has 0 atom stereocenters. The van der Waals surface area contributed by atoms with Gasteiger partial charge in [-0.25, -0.2) is 4.99 Å². The van der Waals surface area contributed by atoms with Crippen molar-refractivity contribution < 1.29 is 13.9 Å². The largest absolute Gasteiger partial charge is 0.467 e. The zero-order chi connectivity index (χ0) is 20.7. The van der Waals surface area contributed by atoms with Crippen LogP contribution in [-0.2, 0) is 22.7 Å². The monoisotopic (exact) mass is 400 g/mol. The van der Waals surface area contributed by atoms with Crippen molar-refractivity contribution in [3.05, 3.63) is 54.0 Å². The summed E-state index contributed by atoms with van der Waals surface area (Å²) in [6.45, 7) is 7.24. The van der Waals surface area contributed by atoms with Crippen LogP contribution in [0.3, 0.4) is 0 Å². The number of carbonyl (C=O) groups excluding carboxylic acids is 1. The number of ether oxygens (including phenoxy) is 1. The van der Waals surface area contributed by atoms with Crippen molar-refractivity contribution in [2.45, 2.75) is 46.3 Å². The molecule has 0 unspecified atom stereocenters. The molecule has 0 saturated carbocycles. The van der Waals surface area contributed by atoms with E-state index < -0.39 is 0 Å². The Labute approximate surface area is 172 Å². The molecule has 1 heterocycles. The third kappa shape index (κ3) is 9.30. The SMILES string of the molecule is CCCC(=O)Nc1cccc(CN=C(NCC)NCCCOCc2ccco2)c1. The van der Waals surface area contributed by atoms with E-state index in [2.05, 4.69) is 20.9 Å². The number of benzene rings is 1. The first-order valence-electron chi connectivity index (χ1n) is 10.2. The normalized spacial score (nSPS) is 11.3. The Balaban J connectivity index is 1.75. The van der Waals surface area contributed by atoms with Crippen LogP contribution in [0.1, 0.15) is 44.4 Å². The molecule has 0 bridgehead atoms. The Hall–Kier alpha value is -2.80. The molecule has 1 amide bonds. The molecule has 7 heteroatoms. The van der Waals surface area contributed by atoms with E-state index in [1.807, 2.05) is 50.2 Å². The van der Waals surface area contributed by atoms with Gasteiger partial charge in [-0.1, -0.05) is 19.1 Å². The summed E-state index contributed by atoms with van der Waals surface area (Å²) in [6.07, 6.45) is 3.88. The fourth-order valence-corrected chi connectivity index (χ4v) is 2.66. The van der Waals surface area contributed by atoms with Gasteiger partial charge in [-0.2, -0.15) is 0 Å². The molecule has 0 aliphatic carbocycles. The average Bonchev–Trinajstić information content (AvgIpc) is 3.22. The molecule has 29 heavy (non-hydrogen) atoms. The Morgan fingerprint density at radius 2 is 2.07 bits per heavy atom. The third-order valence-electron chi connectivity index (χ3n) is 4.03. The molecule has 0 radical (unpaired) electrons. The predicted octanol–water partition coefficient (Wildman–Crippen LogP) is 3.68. The van der Waals surface area contributed by atoms with Crippen LogP contribution in [0.5, 0.6) is 0 Å². The molecule has 2 rings (SSSR count). The number of anilines is 1. The van der Waals surface area contributed by atoms with Crippen LogP contribution in [-0.4, -0.2) is 31.6 Å². The molecule has 3 N–H and O–H groups in total. The highest BCUT2D eigenvalue weighted by atomic mass is 16.5. The lowest BCUT2D eigenvalue weighted by molar-refractivity contribution is -0.116. The first-order valence-corrected chi connectivity index (χ1v) is 10.2. The predicted molar refractivity (Wildman–Crippen MR) is 116 cm³/mol. The van der Waals surface area contributed by atoms with E-state index in [9.17, 15) is 4.79 Å². The molecule has 0 fully saturated rings. The van der Waals surface area contributed by atoms with E-state index >= 15 is 0 Å². The van der Waals surface area contributed by atoms with Crippen LogP contribution >= 0.6 is 0 Å². The van der Waals surface area contributed by atoms with Gasteiger partial charge in [0.15, 0.2) is 5.96 Å². The van der Waals surface area contributed by atoms with Crippen molar-refractivity contribution in [1.82, 2.24) is 10.6 Å². The van der Waals surface area contributed by atoms with Gasteiger partial charge in [0.1, 0.15) is 12.4 Å². The van der Waals surface area contributed by atoms with Crippen molar-refractivity contribution in [1.29, 1.82) is 0 Å². The highest BCUT2D eigenvalue weighted by Gasteiger charge is 2.03. The molecule has 1 aromatic heterocycles. The van der Waals surface area contributed by atoms with Crippen molar-refractivity contribution in [2.24, 2.45) is 4.99 Å². The number of carbonyl (C=O) groups is 1. The number of guanidine groups is 1. The Kier molecular flexibility index (Phi) is 10.4. The number of nitrogens with zero attached hydrogens (tertiary/aromatic N) is 1. The maximum absolute atomic E-state index is 11.8. The number of furan rings is 1. The van der Waals surface area contributed by atoms with Gasteiger partial charge >= 0.3 is 0 Å². The molecular formula is C22H32N4O3. The minimum Gasteiger partial charge on any atom is -0.467 e. The van der Waals surface area contributed by atoms with Crippen molar-refractivity contribution >= 4 is 17.6 Å². The zero-order valence-electron chi connectivity index (χ0n) is 17.4. The standard InChI is InChI=1S/C22H32N4O3/c1-3-8-21(27)26-19-10-5-9-18(15-19)16-25-22(23-4-2)24-12-7-13-28-17-20-11-6-14-29-20/h5-6,9-11,14-15H,3-4,7-8,12-13,16-17H2,1-2H3,(H,26,27)(H2,23,24,25). The Morgan fingerprint density at radius 3 is 2.83 bits per heavy atom. The molecule has 7 nitrogen and oxygen atoms in total. The lowest BCUT2D eigenvalue weighted by atomic mass is 10.2. The fourth-order valence-electron chi connectivity index (χ4n) is 2.66. The quantitative estimate of drug-likeness (QED) is 0.287. The summed E-state index contributed by atoms with van der Waals surface area (Å²) >= 11 is 0. The second-order valence-corrected chi connectivity index (χ2v) is 6.61. The summed E-state index contributed by atoms with van der Waals surface area (Å²) in [5.41, 5.74) is 1.85. The Morgan fingerprint density at radius 1 is 1.17 bits per heavy atom. The van der Waals surface area contributed by atoms with Crippen LogP contribution in [0.4, 0.5) is 5.69 Å². The third-order valence-corrected chi connectivity index (χ3v) is 4.03. The van der Waals surface area contributed by atoms with E-state index in [1.54, 1.807) is 6.26 Å². The molecule has 0 aliphatic rings. The highest BCUT2D eigenvalue weighted by molar-refractivity contribution is 5.90. The van der Waals surface area contributed by atoms with Crippen LogP contribution in [0.25, 0.3) is 0 Å². The van der Waals surface area contributed by atoms with E-state index in [0.717, 1.165) is 48.9 Å². The molecule has 1 aromatic carbocycles. The van der Waals surface area contributed by atoms with Crippen molar-refractivity contribution in [3.8, 4) is 0 Å². The topological polar surface area (TPSA) is 87.9 Å². The maximum atomic E-state index is 11.8. The highest BCUT2D eigenvalue weighted by Crippen LogP contribution is 2.12. The summed E-state index contributed by atoms with van der Waals surface area (Å²) in [6, 6.07) is 11.6. The lowest BCUT2D eigenvalue weighted by Crippen LogP contribution is -2.38. The average molecular weight is 401 g/mol. The van der Waals surface area contributed by atoms with Crippen molar-refractivity contribution in [2.75, 3.05) is 25.0 Å². The molecule has 0 saturated heterocycles. The lowest BCUT2D eigenvalue weighted by Gasteiger charge is -2.12. The fraction of sp³-hybridized carbons (Fsp3) is 0.455. The molecule has 0 spiro atoms. The molecule has 2 aromatic rings. The minimum absolute atomic E-state index is 0.0393.